The van der Waals surface area contributed by atoms with Crippen LogP contribution in [0.4, 0.5) is 0 Å². The van der Waals surface area contributed by atoms with E-state index in [-0.39, 0.29) is 5.41 Å². The summed E-state index contributed by atoms with van der Waals surface area (Å²) >= 11 is 0. The second-order valence-corrected chi connectivity index (χ2v) is 8.30. The minimum Gasteiger partial charge on any atom is -0.377 e. The number of aliphatic imine (C=N–C) groups is 1. The van der Waals surface area contributed by atoms with Crippen LogP contribution in [-0.2, 0) is 4.74 Å². The lowest BCUT2D eigenvalue weighted by molar-refractivity contribution is -0.107. The summed E-state index contributed by atoms with van der Waals surface area (Å²) in [6.45, 7) is 13.0. The molecule has 0 spiro atoms. The van der Waals surface area contributed by atoms with Crippen molar-refractivity contribution in [2.75, 3.05) is 39.3 Å². The van der Waals surface area contributed by atoms with Gasteiger partial charge in [-0.1, -0.05) is 26.0 Å². The maximum absolute atomic E-state index is 5.94. The van der Waals surface area contributed by atoms with Crippen LogP contribution in [0.3, 0.4) is 0 Å². The molecule has 24 heavy (non-hydrogen) atoms. The molecule has 134 valence electrons. The minimum atomic E-state index is 0.202. The van der Waals surface area contributed by atoms with Crippen molar-refractivity contribution in [2.45, 2.75) is 51.8 Å². The molecule has 0 radical (unpaired) electrons. The highest BCUT2D eigenvalue weighted by molar-refractivity contribution is 5.81. The molecule has 3 heterocycles. The Morgan fingerprint density at radius 2 is 2.08 bits per heavy atom. The molecule has 0 aromatic rings. The van der Waals surface area contributed by atoms with Crippen molar-refractivity contribution in [3.05, 3.63) is 12.2 Å². The van der Waals surface area contributed by atoms with Gasteiger partial charge in [-0.3, -0.25) is 9.89 Å². The number of hydrogen-bond donors (Lipinski definition) is 1. The Morgan fingerprint density at radius 3 is 2.83 bits per heavy atom. The topological polar surface area (TPSA) is 40.1 Å². The normalized spacial score (nSPS) is 38.5. The van der Waals surface area contributed by atoms with Crippen LogP contribution < -0.4 is 5.32 Å². The average Bonchev–Trinajstić information content (AvgIpc) is 3.31. The van der Waals surface area contributed by atoms with Gasteiger partial charge < -0.3 is 15.0 Å². The number of nitrogens with zero attached hydrogens (tertiary/aromatic N) is 3. The van der Waals surface area contributed by atoms with Gasteiger partial charge in [0.1, 0.15) is 0 Å². The van der Waals surface area contributed by atoms with Crippen LogP contribution in [0.25, 0.3) is 0 Å². The molecule has 4 atom stereocenters. The third kappa shape index (κ3) is 2.66. The summed E-state index contributed by atoms with van der Waals surface area (Å²) in [5.74, 6) is 1.78. The third-order valence-corrected chi connectivity index (χ3v) is 6.52. The Kier molecular flexibility index (Phi) is 4.33. The van der Waals surface area contributed by atoms with Gasteiger partial charge in [-0.25, -0.2) is 0 Å². The summed E-state index contributed by atoms with van der Waals surface area (Å²) in [5, 5.41) is 3.83. The summed E-state index contributed by atoms with van der Waals surface area (Å²) in [4.78, 5) is 9.88. The molecule has 2 saturated heterocycles. The van der Waals surface area contributed by atoms with Crippen molar-refractivity contribution in [1.82, 2.24) is 15.1 Å². The van der Waals surface area contributed by atoms with Crippen LogP contribution in [0.1, 0.15) is 33.6 Å². The first kappa shape index (κ1) is 16.4. The van der Waals surface area contributed by atoms with Gasteiger partial charge >= 0.3 is 0 Å². The van der Waals surface area contributed by atoms with Gasteiger partial charge in [0.2, 0.25) is 0 Å². The van der Waals surface area contributed by atoms with Crippen molar-refractivity contribution in [3.63, 3.8) is 0 Å². The quantitative estimate of drug-likeness (QED) is 0.485. The molecule has 5 nitrogen and oxygen atoms in total. The number of rotatable bonds is 3. The first-order valence-corrected chi connectivity index (χ1v) is 9.68. The Hall–Kier alpha value is -1.07. The molecule has 1 saturated carbocycles. The van der Waals surface area contributed by atoms with Crippen molar-refractivity contribution in [3.8, 4) is 0 Å². The van der Waals surface area contributed by atoms with Crippen LogP contribution in [0.2, 0.25) is 0 Å². The van der Waals surface area contributed by atoms with Crippen molar-refractivity contribution < 1.29 is 4.74 Å². The number of likely N-dealkylation sites (tertiary alicyclic amines) is 1. The number of hydrogen-bond acceptors (Lipinski definition) is 3. The lowest BCUT2D eigenvalue weighted by Gasteiger charge is -2.55. The van der Waals surface area contributed by atoms with E-state index in [9.17, 15) is 0 Å². The van der Waals surface area contributed by atoms with Gasteiger partial charge in [-0.15, -0.1) is 0 Å². The Morgan fingerprint density at radius 1 is 1.29 bits per heavy atom. The molecule has 0 aromatic heterocycles. The summed E-state index contributed by atoms with van der Waals surface area (Å²) in [6, 6.07) is 1.16. The Bertz CT molecular complexity index is 521. The zero-order chi connectivity index (χ0) is 16.7. The number of ether oxygens (including phenoxy) is 1. The monoisotopic (exact) mass is 332 g/mol. The van der Waals surface area contributed by atoms with Gasteiger partial charge in [0.05, 0.1) is 6.10 Å². The smallest absolute Gasteiger partial charge is 0.194 e. The first-order chi connectivity index (χ1) is 11.6. The molecule has 1 N–H and O–H groups in total. The van der Waals surface area contributed by atoms with Gasteiger partial charge in [0.25, 0.3) is 0 Å². The third-order valence-electron chi connectivity index (χ3n) is 6.52. The number of guanidine groups is 1. The zero-order valence-corrected chi connectivity index (χ0v) is 15.4. The molecule has 5 heteroatoms. The van der Waals surface area contributed by atoms with E-state index in [2.05, 4.69) is 48.0 Å². The summed E-state index contributed by atoms with van der Waals surface area (Å²) in [5.41, 5.74) is 0.202. The van der Waals surface area contributed by atoms with E-state index in [1.165, 1.54) is 12.8 Å². The fraction of sp³-hybridized carbons (Fsp3) is 0.842. The van der Waals surface area contributed by atoms with E-state index >= 15 is 0 Å². The minimum absolute atomic E-state index is 0.202. The van der Waals surface area contributed by atoms with Crippen molar-refractivity contribution >= 4 is 5.96 Å². The molecule has 4 rings (SSSR count). The summed E-state index contributed by atoms with van der Waals surface area (Å²) < 4.78 is 5.94. The first-order valence-electron chi connectivity index (χ1n) is 9.68. The van der Waals surface area contributed by atoms with Crippen LogP contribution in [0, 0.1) is 11.3 Å². The molecule has 0 aromatic carbocycles. The highest BCUT2D eigenvalue weighted by Gasteiger charge is 2.59. The van der Waals surface area contributed by atoms with E-state index in [1.807, 2.05) is 0 Å². The average molecular weight is 332 g/mol. The Balaban J connectivity index is 1.41. The van der Waals surface area contributed by atoms with E-state index < -0.39 is 0 Å². The predicted octanol–water partition coefficient (Wildman–Crippen LogP) is 1.71. The van der Waals surface area contributed by atoms with Crippen LogP contribution in [0.5, 0.6) is 0 Å². The van der Waals surface area contributed by atoms with Crippen LogP contribution in [-0.4, -0.2) is 73.3 Å². The summed E-state index contributed by atoms with van der Waals surface area (Å²) in [6.07, 6.45) is 7.45. The largest absolute Gasteiger partial charge is 0.377 e. The second kappa shape index (κ2) is 6.34. The maximum atomic E-state index is 5.94. The summed E-state index contributed by atoms with van der Waals surface area (Å²) in [7, 11) is 0. The van der Waals surface area contributed by atoms with E-state index in [0.29, 0.717) is 24.1 Å². The standard InChI is InChI=1S/C19H32N4O/c1-4-20-18(21-16-15-8-12-24-17(15)19(16,2)3)23-11-7-14(13-23)22-9-5-6-10-22/h5-6,14-17H,4,7-13H2,1-3H3,(H,20,21). The molecule has 4 unspecified atom stereocenters. The predicted molar refractivity (Wildman–Crippen MR) is 97.2 cm³/mol. The zero-order valence-electron chi connectivity index (χ0n) is 15.4. The van der Waals surface area contributed by atoms with Gasteiger partial charge in [-0.2, -0.15) is 0 Å². The highest BCUT2D eigenvalue weighted by Crippen LogP contribution is 2.52. The number of fused-ring (bicyclic) bond motifs is 1. The second-order valence-electron chi connectivity index (χ2n) is 8.30. The molecular weight excluding hydrogens is 300 g/mol. The maximum Gasteiger partial charge on any atom is 0.194 e. The van der Waals surface area contributed by atoms with Crippen LogP contribution >= 0.6 is 0 Å². The van der Waals surface area contributed by atoms with Crippen LogP contribution in [0.15, 0.2) is 17.1 Å². The van der Waals surface area contributed by atoms with Gasteiger partial charge in [-0.05, 0) is 19.8 Å². The molecule has 1 aliphatic carbocycles. The van der Waals surface area contributed by atoms with Crippen molar-refractivity contribution in [1.29, 1.82) is 0 Å². The Labute approximate surface area is 146 Å². The van der Waals surface area contributed by atoms with E-state index in [4.69, 9.17) is 9.73 Å². The molecular formula is C19H32N4O. The molecule has 3 aliphatic heterocycles. The fourth-order valence-corrected chi connectivity index (χ4v) is 5.17. The van der Waals surface area contributed by atoms with E-state index in [0.717, 1.165) is 45.3 Å². The highest BCUT2D eigenvalue weighted by atomic mass is 16.5. The van der Waals surface area contributed by atoms with Gasteiger partial charge in [0.15, 0.2) is 5.96 Å². The van der Waals surface area contributed by atoms with Crippen molar-refractivity contribution in [2.24, 2.45) is 16.3 Å². The van der Waals surface area contributed by atoms with Gasteiger partial charge in [0, 0.05) is 62.7 Å². The van der Waals surface area contributed by atoms with E-state index in [1.54, 1.807) is 0 Å². The fourth-order valence-electron chi connectivity index (χ4n) is 5.17. The molecule has 0 amide bonds. The molecule has 4 aliphatic rings. The lowest BCUT2D eigenvalue weighted by Crippen LogP contribution is -2.68. The molecule has 0 bridgehead atoms. The SMILES string of the molecule is CCN=C(NC1C2CCOC2C1(C)C)N1CCC(N2CC=CC2)C1. The lowest BCUT2D eigenvalue weighted by atomic mass is 9.57. The number of nitrogens with one attached hydrogen (secondary N) is 1. The molecule has 3 fully saturated rings.